The number of ether oxygens (including phenoxy) is 1. The van der Waals surface area contributed by atoms with Gasteiger partial charge >= 0.3 is 0 Å². The number of nitrogens with zero attached hydrogens (tertiary/aromatic N) is 1. The fourth-order valence-corrected chi connectivity index (χ4v) is 3.68. The Morgan fingerprint density at radius 3 is 2.85 bits per heavy atom. The Balaban J connectivity index is 0.00000200. The lowest BCUT2D eigenvalue weighted by Gasteiger charge is -2.21. The number of fused-ring (bicyclic) bond motifs is 2. The maximum atomic E-state index is 5.85. The van der Waals surface area contributed by atoms with Crippen LogP contribution >= 0.6 is 24.0 Å². The monoisotopic (exact) mass is 395 g/mol. The summed E-state index contributed by atoms with van der Waals surface area (Å²) >= 11 is 0. The van der Waals surface area contributed by atoms with E-state index in [4.69, 9.17) is 10.5 Å². The van der Waals surface area contributed by atoms with E-state index < -0.39 is 0 Å². The van der Waals surface area contributed by atoms with Crippen molar-refractivity contribution in [1.82, 2.24) is 5.32 Å². The van der Waals surface area contributed by atoms with E-state index in [1.807, 2.05) is 6.92 Å². The van der Waals surface area contributed by atoms with Gasteiger partial charge in [-0.3, -0.25) is 4.99 Å². The van der Waals surface area contributed by atoms with Gasteiger partial charge in [0.05, 0.1) is 0 Å². The van der Waals surface area contributed by atoms with Crippen LogP contribution < -0.4 is 11.1 Å². The topological polar surface area (TPSA) is 59.6 Å². The first kappa shape index (κ1) is 18.0. The highest BCUT2D eigenvalue weighted by molar-refractivity contribution is 14.0. The highest BCUT2D eigenvalue weighted by Crippen LogP contribution is 2.49. The molecular formula is C15H30IN3O. The number of nitrogens with two attached hydrogens (primary N) is 1. The van der Waals surface area contributed by atoms with Crippen molar-refractivity contribution in [3.05, 3.63) is 0 Å². The smallest absolute Gasteiger partial charge is 0.188 e. The third kappa shape index (κ3) is 5.76. The van der Waals surface area contributed by atoms with Crippen LogP contribution in [0.25, 0.3) is 0 Å². The molecule has 2 rings (SSSR count). The zero-order valence-electron chi connectivity index (χ0n) is 12.6. The van der Waals surface area contributed by atoms with Crippen LogP contribution in [0.15, 0.2) is 4.99 Å². The average Bonchev–Trinajstić information content (AvgIpc) is 3.01. The summed E-state index contributed by atoms with van der Waals surface area (Å²) in [4.78, 5) is 4.31. The van der Waals surface area contributed by atoms with Crippen LogP contribution in [0.1, 0.15) is 45.4 Å². The van der Waals surface area contributed by atoms with E-state index in [-0.39, 0.29) is 24.0 Å². The summed E-state index contributed by atoms with van der Waals surface area (Å²) in [7, 11) is 0. The van der Waals surface area contributed by atoms with Crippen LogP contribution in [-0.4, -0.2) is 32.3 Å². The second-order valence-electron chi connectivity index (χ2n) is 5.97. The van der Waals surface area contributed by atoms with Gasteiger partial charge in [0.25, 0.3) is 0 Å². The van der Waals surface area contributed by atoms with Gasteiger partial charge in [0.2, 0.25) is 0 Å². The molecule has 20 heavy (non-hydrogen) atoms. The summed E-state index contributed by atoms with van der Waals surface area (Å²) in [6.45, 7) is 5.30. The van der Waals surface area contributed by atoms with E-state index in [0.29, 0.717) is 5.96 Å². The molecule has 0 aromatic rings. The summed E-state index contributed by atoms with van der Waals surface area (Å²) in [6.07, 6.45) is 8.11. The zero-order chi connectivity index (χ0) is 13.5. The van der Waals surface area contributed by atoms with Crippen molar-refractivity contribution in [1.29, 1.82) is 0 Å². The molecule has 3 unspecified atom stereocenters. The minimum atomic E-state index is 0. The predicted octanol–water partition coefficient (Wildman–Crippen LogP) is 2.76. The maximum absolute atomic E-state index is 5.85. The Labute approximate surface area is 140 Å². The zero-order valence-corrected chi connectivity index (χ0v) is 15.0. The number of nitrogens with one attached hydrogen (secondary N) is 1. The molecule has 0 aliphatic heterocycles. The van der Waals surface area contributed by atoms with Crippen molar-refractivity contribution >= 4 is 29.9 Å². The number of halogens is 1. The van der Waals surface area contributed by atoms with Crippen molar-refractivity contribution < 1.29 is 4.74 Å². The van der Waals surface area contributed by atoms with Gasteiger partial charge in [-0.25, -0.2) is 0 Å². The number of rotatable bonds is 8. The van der Waals surface area contributed by atoms with Crippen LogP contribution in [0.3, 0.4) is 0 Å². The van der Waals surface area contributed by atoms with E-state index >= 15 is 0 Å². The predicted molar refractivity (Wildman–Crippen MR) is 94.6 cm³/mol. The molecule has 0 amide bonds. The fraction of sp³-hybridized carbons (Fsp3) is 0.933. The highest BCUT2D eigenvalue weighted by Gasteiger charge is 2.38. The van der Waals surface area contributed by atoms with Crippen LogP contribution in [0.2, 0.25) is 0 Å². The van der Waals surface area contributed by atoms with Gasteiger partial charge in [-0.1, -0.05) is 6.42 Å². The number of guanidine groups is 1. The maximum Gasteiger partial charge on any atom is 0.188 e. The first-order valence-corrected chi connectivity index (χ1v) is 7.91. The van der Waals surface area contributed by atoms with Gasteiger partial charge in [-0.2, -0.15) is 0 Å². The summed E-state index contributed by atoms with van der Waals surface area (Å²) < 4.78 is 5.26. The summed E-state index contributed by atoms with van der Waals surface area (Å²) in [5.41, 5.74) is 5.85. The third-order valence-electron chi connectivity index (χ3n) is 4.64. The van der Waals surface area contributed by atoms with E-state index in [0.717, 1.165) is 50.5 Å². The molecule has 2 aliphatic carbocycles. The van der Waals surface area contributed by atoms with Crippen LogP contribution in [0.4, 0.5) is 0 Å². The number of hydrogen-bond acceptors (Lipinski definition) is 2. The lowest BCUT2D eigenvalue weighted by Crippen LogP contribution is -2.33. The Bertz CT molecular complexity index is 299. The van der Waals surface area contributed by atoms with Gasteiger partial charge in [0.15, 0.2) is 5.96 Å². The molecule has 5 heteroatoms. The molecule has 0 radical (unpaired) electrons. The first-order chi connectivity index (χ1) is 9.29. The van der Waals surface area contributed by atoms with E-state index in [1.165, 1.54) is 32.1 Å². The highest BCUT2D eigenvalue weighted by atomic mass is 127. The molecule has 4 nitrogen and oxygen atoms in total. The average molecular weight is 395 g/mol. The minimum Gasteiger partial charge on any atom is -0.382 e. The number of hydrogen-bond donors (Lipinski definition) is 2. The standard InChI is InChI=1S/C15H29N3O.HI/c1-2-19-9-3-7-17-15(16)18-8-6-14-11-12-4-5-13(14)10-12;/h12-14H,2-11H2,1H3,(H3,16,17,18);1H. The Morgan fingerprint density at radius 1 is 1.35 bits per heavy atom. The molecule has 2 saturated carbocycles. The van der Waals surface area contributed by atoms with Crippen molar-refractivity contribution in [2.75, 3.05) is 26.3 Å². The third-order valence-corrected chi connectivity index (χ3v) is 4.64. The van der Waals surface area contributed by atoms with Crippen molar-refractivity contribution in [2.24, 2.45) is 28.5 Å². The summed E-state index contributed by atoms with van der Waals surface area (Å²) in [6, 6.07) is 0. The fourth-order valence-electron chi connectivity index (χ4n) is 3.68. The van der Waals surface area contributed by atoms with Crippen LogP contribution in [0.5, 0.6) is 0 Å². The Kier molecular flexibility index (Phi) is 8.84. The first-order valence-electron chi connectivity index (χ1n) is 7.91. The lowest BCUT2D eigenvalue weighted by atomic mass is 9.86. The Morgan fingerprint density at radius 2 is 2.20 bits per heavy atom. The molecule has 118 valence electrons. The van der Waals surface area contributed by atoms with Gasteiger partial charge in [0.1, 0.15) is 0 Å². The molecule has 0 heterocycles. The molecule has 2 bridgehead atoms. The van der Waals surface area contributed by atoms with Crippen LogP contribution in [-0.2, 0) is 4.74 Å². The summed E-state index contributed by atoms with van der Waals surface area (Å²) in [5, 5.41) is 3.25. The number of aliphatic imine (C=N–C) groups is 1. The van der Waals surface area contributed by atoms with Crippen molar-refractivity contribution in [2.45, 2.75) is 45.4 Å². The normalized spacial score (nSPS) is 28.4. The molecule has 3 N–H and O–H groups in total. The lowest BCUT2D eigenvalue weighted by molar-refractivity contribution is 0.146. The molecule has 0 spiro atoms. The quantitative estimate of drug-likeness (QED) is 0.288. The second kappa shape index (κ2) is 9.82. The van der Waals surface area contributed by atoms with Gasteiger partial charge in [-0.15, -0.1) is 24.0 Å². The van der Waals surface area contributed by atoms with Crippen molar-refractivity contribution in [3.8, 4) is 0 Å². The van der Waals surface area contributed by atoms with Crippen LogP contribution in [0, 0.1) is 17.8 Å². The molecule has 3 atom stereocenters. The second-order valence-corrected chi connectivity index (χ2v) is 5.97. The molecule has 0 saturated heterocycles. The molecule has 0 aromatic heterocycles. The molecule has 2 aliphatic rings. The van der Waals surface area contributed by atoms with Crippen molar-refractivity contribution in [3.63, 3.8) is 0 Å². The Hall–Kier alpha value is -0.0400. The van der Waals surface area contributed by atoms with E-state index in [2.05, 4.69) is 10.3 Å². The molecular weight excluding hydrogens is 365 g/mol. The van der Waals surface area contributed by atoms with E-state index in [9.17, 15) is 0 Å². The van der Waals surface area contributed by atoms with E-state index in [1.54, 1.807) is 0 Å². The van der Waals surface area contributed by atoms with Gasteiger partial charge in [-0.05, 0) is 56.8 Å². The molecule has 2 fully saturated rings. The van der Waals surface area contributed by atoms with Gasteiger partial charge in [0, 0.05) is 26.3 Å². The molecule has 0 aromatic carbocycles. The minimum absolute atomic E-state index is 0. The van der Waals surface area contributed by atoms with Gasteiger partial charge < -0.3 is 15.8 Å². The SMILES string of the molecule is CCOCCCN=C(N)NCCC1CC2CCC1C2.I. The summed E-state index contributed by atoms with van der Waals surface area (Å²) in [5.74, 6) is 3.59. The largest absolute Gasteiger partial charge is 0.382 e.